The predicted molar refractivity (Wildman–Crippen MR) is 70.0 cm³/mol. The summed E-state index contributed by atoms with van der Waals surface area (Å²) in [6, 6.07) is 9.93. The van der Waals surface area contributed by atoms with Crippen LogP contribution in [0.15, 0.2) is 30.3 Å². The van der Waals surface area contributed by atoms with Crippen LogP contribution < -0.4 is 0 Å². The molecule has 2 rings (SSSR count). The van der Waals surface area contributed by atoms with E-state index in [2.05, 4.69) is 0 Å². The van der Waals surface area contributed by atoms with Crippen LogP contribution in [-0.4, -0.2) is 53.1 Å². The van der Waals surface area contributed by atoms with Crippen molar-refractivity contribution in [3.63, 3.8) is 0 Å². The average Bonchev–Trinajstić information content (AvgIpc) is 2.27. The van der Waals surface area contributed by atoms with Crippen LogP contribution in [0.25, 0.3) is 0 Å². The molecule has 0 atom stereocenters. The maximum atomic E-state index is 12.0. The van der Waals surface area contributed by atoms with Crippen molar-refractivity contribution in [3.8, 4) is 0 Å². The monoisotopic (exact) mass is 248 g/mol. The van der Waals surface area contributed by atoms with Gasteiger partial charge in [-0.1, -0.05) is 30.3 Å². The Bertz CT molecular complexity index is 409. The van der Waals surface area contributed by atoms with Crippen molar-refractivity contribution < 1.29 is 9.90 Å². The maximum absolute atomic E-state index is 12.0. The Morgan fingerprint density at radius 2 is 2.00 bits per heavy atom. The van der Waals surface area contributed by atoms with Gasteiger partial charge < -0.3 is 10.0 Å². The lowest BCUT2D eigenvalue weighted by Gasteiger charge is -2.44. The lowest BCUT2D eigenvalue weighted by molar-refractivity contribution is -0.139. The van der Waals surface area contributed by atoms with Crippen LogP contribution in [0.5, 0.6) is 0 Å². The van der Waals surface area contributed by atoms with Crippen LogP contribution in [-0.2, 0) is 11.3 Å². The highest BCUT2D eigenvalue weighted by molar-refractivity contribution is 5.78. The first-order chi connectivity index (χ1) is 8.46. The van der Waals surface area contributed by atoms with Gasteiger partial charge in [0, 0.05) is 26.7 Å². The molecule has 1 amide bonds. The number of nitrogens with zero attached hydrogens (tertiary/aromatic N) is 2. The Morgan fingerprint density at radius 1 is 1.39 bits per heavy atom. The number of β-amino-alcohol motifs (C(OH)–C–C–N with tert-alkyl or cyclic N) is 1. The topological polar surface area (TPSA) is 43.8 Å². The van der Waals surface area contributed by atoms with E-state index in [0.717, 1.165) is 5.56 Å². The number of hydrogen-bond donors (Lipinski definition) is 1. The summed E-state index contributed by atoms with van der Waals surface area (Å²) < 4.78 is 0. The summed E-state index contributed by atoms with van der Waals surface area (Å²) in [5, 5.41) is 9.60. The molecular formula is C14H20N2O2. The lowest BCUT2D eigenvalue weighted by Crippen LogP contribution is -2.61. The smallest absolute Gasteiger partial charge is 0.236 e. The largest absolute Gasteiger partial charge is 0.388 e. The molecule has 1 fully saturated rings. The van der Waals surface area contributed by atoms with Crippen molar-refractivity contribution in [3.05, 3.63) is 35.9 Å². The molecule has 0 saturated carbocycles. The molecule has 4 nitrogen and oxygen atoms in total. The van der Waals surface area contributed by atoms with Gasteiger partial charge in [-0.3, -0.25) is 9.69 Å². The molecule has 1 heterocycles. The number of hydrogen-bond acceptors (Lipinski definition) is 3. The van der Waals surface area contributed by atoms with E-state index in [0.29, 0.717) is 26.2 Å². The van der Waals surface area contributed by atoms with Gasteiger partial charge in [-0.25, -0.2) is 0 Å². The van der Waals surface area contributed by atoms with Gasteiger partial charge in [0.2, 0.25) is 5.91 Å². The summed E-state index contributed by atoms with van der Waals surface area (Å²) in [5.74, 6) is 0.0920. The molecule has 0 radical (unpaired) electrons. The van der Waals surface area contributed by atoms with Crippen LogP contribution in [0.2, 0.25) is 0 Å². The van der Waals surface area contributed by atoms with Crippen molar-refractivity contribution in [2.45, 2.75) is 19.1 Å². The molecule has 4 heteroatoms. The van der Waals surface area contributed by atoms with Crippen LogP contribution in [0.3, 0.4) is 0 Å². The van der Waals surface area contributed by atoms with Gasteiger partial charge in [0.15, 0.2) is 0 Å². The minimum absolute atomic E-state index is 0.0920. The molecule has 1 saturated heterocycles. The third-order valence-electron chi connectivity index (χ3n) is 3.18. The van der Waals surface area contributed by atoms with Crippen LogP contribution in [0.4, 0.5) is 0 Å². The van der Waals surface area contributed by atoms with E-state index in [9.17, 15) is 9.90 Å². The van der Waals surface area contributed by atoms with Gasteiger partial charge in [0.05, 0.1) is 12.1 Å². The molecule has 0 aliphatic carbocycles. The zero-order valence-electron chi connectivity index (χ0n) is 11.0. The molecule has 1 aromatic rings. The SMILES string of the molecule is CN(Cc1ccccc1)C(=O)CN1CC(C)(O)C1. The molecule has 18 heavy (non-hydrogen) atoms. The molecule has 1 aliphatic heterocycles. The van der Waals surface area contributed by atoms with E-state index in [4.69, 9.17) is 0 Å². The van der Waals surface area contributed by atoms with Gasteiger partial charge in [-0.2, -0.15) is 0 Å². The zero-order valence-corrected chi connectivity index (χ0v) is 11.0. The highest BCUT2D eigenvalue weighted by atomic mass is 16.3. The summed E-state index contributed by atoms with van der Waals surface area (Å²) in [4.78, 5) is 15.7. The first kappa shape index (κ1) is 13.1. The number of benzene rings is 1. The highest BCUT2D eigenvalue weighted by Crippen LogP contribution is 2.19. The van der Waals surface area contributed by atoms with Gasteiger partial charge in [-0.15, -0.1) is 0 Å². The number of likely N-dealkylation sites (tertiary alicyclic amines) is 1. The Hall–Kier alpha value is -1.39. The third kappa shape index (κ3) is 3.31. The lowest BCUT2D eigenvalue weighted by atomic mass is 9.97. The fourth-order valence-electron chi connectivity index (χ4n) is 2.29. The molecule has 0 spiro atoms. The second-order valence-electron chi connectivity index (χ2n) is 5.38. The number of amides is 1. The van der Waals surface area contributed by atoms with Gasteiger partial charge in [0.25, 0.3) is 0 Å². The van der Waals surface area contributed by atoms with Crippen molar-refractivity contribution in [2.75, 3.05) is 26.7 Å². The summed E-state index contributed by atoms with van der Waals surface area (Å²) in [7, 11) is 1.81. The van der Waals surface area contributed by atoms with E-state index in [1.807, 2.05) is 42.3 Å². The minimum Gasteiger partial charge on any atom is -0.388 e. The minimum atomic E-state index is -0.613. The number of likely N-dealkylation sites (N-methyl/N-ethyl adjacent to an activating group) is 1. The average molecular weight is 248 g/mol. The highest BCUT2D eigenvalue weighted by Gasteiger charge is 2.37. The number of aliphatic hydroxyl groups is 1. The second-order valence-corrected chi connectivity index (χ2v) is 5.38. The van der Waals surface area contributed by atoms with E-state index >= 15 is 0 Å². The zero-order chi connectivity index (χ0) is 13.2. The quantitative estimate of drug-likeness (QED) is 0.853. The molecule has 0 bridgehead atoms. The van der Waals surface area contributed by atoms with Crippen molar-refractivity contribution >= 4 is 5.91 Å². The van der Waals surface area contributed by atoms with E-state index in [1.54, 1.807) is 11.8 Å². The summed E-state index contributed by atoms with van der Waals surface area (Å²) in [5.41, 5.74) is 0.516. The van der Waals surface area contributed by atoms with Gasteiger partial charge in [-0.05, 0) is 12.5 Å². The second kappa shape index (κ2) is 5.08. The third-order valence-corrected chi connectivity index (χ3v) is 3.18. The fraction of sp³-hybridized carbons (Fsp3) is 0.500. The first-order valence-corrected chi connectivity index (χ1v) is 6.19. The number of carbonyl (C=O) groups excluding carboxylic acids is 1. The summed E-state index contributed by atoms with van der Waals surface area (Å²) in [6.45, 7) is 3.97. The molecule has 1 aliphatic rings. The molecule has 0 unspecified atom stereocenters. The molecule has 1 N–H and O–H groups in total. The predicted octanol–water partition coefficient (Wildman–Crippen LogP) is 0.712. The molecule has 1 aromatic carbocycles. The van der Waals surface area contributed by atoms with Gasteiger partial charge in [0.1, 0.15) is 0 Å². The van der Waals surface area contributed by atoms with Crippen molar-refractivity contribution in [1.82, 2.24) is 9.80 Å². The molecule has 98 valence electrons. The Labute approximate surface area is 108 Å². The van der Waals surface area contributed by atoms with Crippen molar-refractivity contribution in [1.29, 1.82) is 0 Å². The van der Waals surface area contributed by atoms with Crippen molar-refractivity contribution in [2.24, 2.45) is 0 Å². The van der Waals surface area contributed by atoms with Crippen LogP contribution in [0.1, 0.15) is 12.5 Å². The standard InChI is InChI=1S/C14H20N2O2/c1-14(18)10-16(11-14)9-13(17)15(2)8-12-6-4-3-5-7-12/h3-7,18H,8-11H2,1-2H3. The molecule has 0 aromatic heterocycles. The Balaban J connectivity index is 1.79. The number of carbonyl (C=O) groups is 1. The summed E-state index contributed by atoms with van der Waals surface area (Å²) in [6.07, 6.45) is 0. The van der Waals surface area contributed by atoms with Gasteiger partial charge >= 0.3 is 0 Å². The van der Waals surface area contributed by atoms with Crippen LogP contribution >= 0.6 is 0 Å². The normalized spacial score (nSPS) is 18.2. The van der Waals surface area contributed by atoms with E-state index < -0.39 is 5.60 Å². The number of rotatable bonds is 4. The fourth-order valence-corrected chi connectivity index (χ4v) is 2.29. The van der Waals surface area contributed by atoms with Crippen LogP contribution in [0, 0.1) is 0 Å². The summed E-state index contributed by atoms with van der Waals surface area (Å²) >= 11 is 0. The van der Waals surface area contributed by atoms with E-state index in [-0.39, 0.29) is 5.91 Å². The first-order valence-electron chi connectivity index (χ1n) is 6.19. The Kier molecular flexibility index (Phi) is 3.68. The van der Waals surface area contributed by atoms with E-state index in [1.165, 1.54) is 0 Å². The Morgan fingerprint density at radius 3 is 2.56 bits per heavy atom. The molecular weight excluding hydrogens is 228 g/mol. The maximum Gasteiger partial charge on any atom is 0.236 e.